The van der Waals surface area contributed by atoms with Crippen molar-refractivity contribution in [1.29, 1.82) is 0 Å². The first kappa shape index (κ1) is 25.3. The van der Waals surface area contributed by atoms with Gasteiger partial charge in [0.05, 0.1) is 12.6 Å². The fourth-order valence-corrected chi connectivity index (χ4v) is 4.44. The Morgan fingerprint density at radius 1 is 1.20 bits per heavy atom. The van der Waals surface area contributed by atoms with Gasteiger partial charge in [-0.1, -0.05) is 6.07 Å². The van der Waals surface area contributed by atoms with Gasteiger partial charge in [0.15, 0.2) is 5.96 Å². The Kier molecular flexibility index (Phi) is 10.2. The molecule has 2 heterocycles. The Balaban J connectivity index is 0.00000320. The lowest BCUT2D eigenvalue weighted by atomic mass is 10.0. The summed E-state index contributed by atoms with van der Waals surface area (Å²) in [6.07, 6.45) is 3.80. The highest BCUT2D eigenvalue weighted by Crippen LogP contribution is 2.25. The summed E-state index contributed by atoms with van der Waals surface area (Å²) in [4.78, 5) is 11.5. The zero-order chi connectivity index (χ0) is 20.8. The van der Waals surface area contributed by atoms with E-state index >= 15 is 0 Å². The van der Waals surface area contributed by atoms with E-state index in [2.05, 4.69) is 15.1 Å². The highest BCUT2D eigenvalue weighted by molar-refractivity contribution is 14.0. The van der Waals surface area contributed by atoms with E-state index < -0.39 is 17.7 Å². The van der Waals surface area contributed by atoms with E-state index in [0.29, 0.717) is 12.5 Å². The van der Waals surface area contributed by atoms with Crippen LogP contribution in [-0.4, -0.2) is 80.6 Å². The average molecular weight is 535 g/mol. The summed E-state index contributed by atoms with van der Waals surface area (Å²) < 4.78 is 28.7. The van der Waals surface area contributed by atoms with E-state index in [1.54, 1.807) is 0 Å². The molecule has 2 aliphatic rings. The molecule has 1 aromatic carbocycles. The average Bonchev–Trinajstić information content (AvgIpc) is 3.35. The first-order valence-electron chi connectivity index (χ1n) is 10.9. The van der Waals surface area contributed by atoms with Crippen molar-refractivity contribution in [3.05, 3.63) is 35.4 Å². The number of likely N-dealkylation sites (tertiary alicyclic amines) is 2. The molecule has 2 unspecified atom stereocenters. The third-order valence-corrected chi connectivity index (χ3v) is 6.01. The quantitative estimate of drug-likeness (QED) is 0.329. The lowest BCUT2D eigenvalue weighted by Gasteiger charge is -2.26. The van der Waals surface area contributed by atoms with Crippen LogP contribution < -0.4 is 5.32 Å². The third-order valence-electron chi connectivity index (χ3n) is 6.01. The number of nitrogens with zero attached hydrogens (tertiary/aromatic N) is 4. The van der Waals surface area contributed by atoms with Gasteiger partial charge in [-0.05, 0) is 71.4 Å². The first-order chi connectivity index (χ1) is 14.0. The summed E-state index contributed by atoms with van der Waals surface area (Å²) >= 11 is 0. The van der Waals surface area contributed by atoms with Gasteiger partial charge < -0.3 is 20.0 Å². The predicted molar refractivity (Wildman–Crippen MR) is 130 cm³/mol. The van der Waals surface area contributed by atoms with Crippen molar-refractivity contribution >= 4 is 29.9 Å². The van der Waals surface area contributed by atoms with Crippen LogP contribution in [0.25, 0.3) is 0 Å². The van der Waals surface area contributed by atoms with Crippen molar-refractivity contribution in [2.45, 2.75) is 32.2 Å². The molecule has 0 bridgehead atoms. The highest BCUT2D eigenvalue weighted by atomic mass is 127. The number of nitrogens with one attached hydrogen (secondary N) is 1. The monoisotopic (exact) mass is 535 g/mol. The van der Waals surface area contributed by atoms with E-state index in [1.807, 2.05) is 25.9 Å². The summed E-state index contributed by atoms with van der Waals surface area (Å²) in [5, 5.41) is 3.37. The lowest BCUT2D eigenvalue weighted by molar-refractivity contribution is 0.279. The summed E-state index contributed by atoms with van der Waals surface area (Å²) in [5.74, 6) is 0.470. The topological polar surface area (TPSA) is 34.1 Å². The molecule has 30 heavy (non-hydrogen) atoms. The van der Waals surface area contributed by atoms with Gasteiger partial charge >= 0.3 is 0 Å². The minimum atomic E-state index is -0.518. The van der Waals surface area contributed by atoms with Crippen molar-refractivity contribution in [2.75, 3.05) is 59.9 Å². The number of hydrogen-bond donors (Lipinski definition) is 1. The van der Waals surface area contributed by atoms with Gasteiger partial charge in [-0.25, -0.2) is 8.78 Å². The fourth-order valence-electron chi connectivity index (χ4n) is 4.44. The summed E-state index contributed by atoms with van der Waals surface area (Å²) in [6.45, 7) is 8.71. The largest absolute Gasteiger partial charge is 0.357 e. The Labute approximate surface area is 196 Å². The van der Waals surface area contributed by atoms with Crippen molar-refractivity contribution < 1.29 is 8.78 Å². The molecule has 1 N–H and O–H groups in total. The van der Waals surface area contributed by atoms with E-state index in [0.717, 1.165) is 32.1 Å². The zero-order valence-corrected chi connectivity index (χ0v) is 20.7. The minimum absolute atomic E-state index is 0. The molecule has 0 aliphatic carbocycles. The summed E-state index contributed by atoms with van der Waals surface area (Å²) in [5.41, 5.74) is 0.0884. The van der Waals surface area contributed by atoms with Crippen LogP contribution in [0.15, 0.2) is 23.2 Å². The van der Waals surface area contributed by atoms with Crippen LogP contribution in [0.3, 0.4) is 0 Å². The van der Waals surface area contributed by atoms with Crippen LogP contribution in [0.5, 0.6) is 0 Å². The minimum Gasteiger partial charge on any atom is -0.357 e. The molecular formula is C22H36F2IN5. The molecule has 3 rings (SSSR count). The Morgan fingerprint density at radius 3 is 2.47 bits per heavy atom. The molecule has 0 aromatic heterocycles. The van der Waals surface area contributed by atoms with Crippen LogP contribution in [0.2, 0.25) is 0 Å². The molecule has 8 heteroatoms. The molecule has 0 radical (unpaired) electrons. The second-order valence-electron chi connectivity index (χ2n) is 8.42. The molecule has 0 saturated carbocycles. The first-order valence-corrected chi connectivity index (χ1v) is 10.9. The molecule has 0 spiro atoms. The summed E-state index contributed by atoms with van der Waals surface area (Å²) in [6, 6.07) is 3.58. The maximum Gasteiger partial charge on any atom is 0.193 e. The standard InChI is InChI=1S/C22H35F2N5.HI/c1-4-25-22(29-13-10-17(16-29)15-28-11-5-6-12-28)26-14-20(27(2)3)21-18(23)8-7-9-19(21)24;/h7-9,17,20H,4-6,10-16H2,1-3H3,(H,25,26);1H. The van der Waals surface area contributed by atoms with Gasteiger partial charge in [0, 0.05) is 31.7 Å². The second kappa shape index (κ2) is 12.1. The predicted octanol–water partition coefficient (Wildman–Crippen LogP) is 3.57. The summed E-state index contributed by atoms with van der Waals surface area (Å²) in [7, 11) is 3.67. The maximum absolute atomic E-state index is 14.3. The Hall–Kier alpha value is -1.00. The van der Waals surface area contributed by atoms with Gasteiger partial charge in [0.25, 0.3) is 0 Å². The van der Waals surface area contributed by atoms with E-state index in [9.17, 15) is 8.78 Å². The molecular weight excluding hydrogens is 499 g/mol. The van der Waals surface area contributed by atoms with Crippen LogP contribution in [0.1, 0.15) is 37.8 Å². The van der Waals surface area contributed by atoms with Gasteiger partial charge in [0.1, 0.15) is 11.6 Å². The van der Waals surface area contributed by atoms with Gasteiger partial charge in [0.2, 0.25) is 0 Å². The maximum atomic E-state index is 14.3. The second-order valence-corrected chi connectivity index (χ2v) is 8.42. The van der Waals surface area contributed by atoms with Gasteiger partial charge in [-0.2, -0.15) is 0 Å². The van der Waals surface area contributed by atoms with Gasteiger partial charge in [-0.15, -0.1) is 24.0 Å². The smallest absolute Gasteiger partial charge is 0.193 e. The van der Waals surface area contributed by atoms with Crippen molar-refractivity contribution in [1.82, 2.24) is 20.0 Å². The number of aliphatic imine (C=N–C) groups is 1. The molecule has 2 atom stereocenters. The van der Waals surface area contributed by atoms with Crippen LogP contribution in [-0.2, 0) is 0 Å². The normalized spacial score (nSPS) is 21.2. The van der Waals surface area contributed by atoms with Gasteiger partial charge in [-0.3, -0.25) is 4.99 Å². The highest BCUT2D eigenvalue weighted by Gasteiger charge is 2.28. The van der Waals surface area contributed by atoms with Crippen molar-refractivity contribution in [2.24, 2.45) is 10.9 Å². The third kappa shape index (κ3) is 6.50. The number of guanidine groups is 1. The molecule has 5 nitrogen and oxygen atoms in total. The van der Waals surface area contributed by atoms with Crippen LogP contribution >= 0.6 is 24.0 Å². The zero-order valence-electron chi connectivity index (χ0n) is 18.4. The fraction of sp³-hybridized carbons (Fsp3) is 0.682. The number of likely N-dealkylation sites (N-methyl/N-ethyl adjacent to an activating group) is 1. The molecule has 2 fully saturated rings. The number of hydrogen-bond acceptors (Lipinski definition) is 3. The number of rotatable bonds is 7. The molecule has 2 aliphatic heterocycles. The lowest BCUT2D eigenvalue weighted by Crippen LogP contribution is -2.41. The van der Waals surface area contributed by atoms with Crippen molar-refractivity contribution in [3.8, 4) is 0 Å². The van der Waals surface area contributed by atoms with Crippen molar-refractivity contribution in [3.63, 3.8) is 0 Å². The molecule has 2 saturated heterocycles. The Bertz CT molecular complexity index is 674. The number of benzene rings is 1. The van der Waals surface area contributed by atoms with E-state index in [4.69, 9.17) is 4.99 Å². The molecule has 0 amide bonds. The molecule has 170 valence electrons. The van der Waals surface area contributed by atoms with E-state index in [1.165, 1.54) is 50.6 Å². The number of halogens is 3. The van der Waals surface area contributed by atoms with Crippen LogP contribution in [0, 0.1) is 17.6 Å². The SMILES string of the molecule is CCNC(=NCC(c1c(F)cccc1F)N(C)C)N1CCC(CN2CCCC2)C1.I. The van der Waals surface area contributed by atoms with Crippen LogP contribution in [0.4, 0.5) is 8.78 Å². The molecule has 1 aromatic rings. The van der Waals surface area contributed by atoms with E-state index in [-0.39, 0.29) is 29.5 Å². The Morgan fingerprint density at radius 2 is 1.87 bits per heavy atom.